The van der Waals surface area contributed by atoms with Crippen LogP contribution in [-0.4, -0.2) is 6.26 Å². The molecule has 1 aromatic carbocycles. The Labute approximate surface area is 105 Å². The number of benzene rings is 1. The van der Waals surface area contributed by atoms with E-state index in [0.717, 1.165) is 21.9 Å². The molecule has 1 heterocycles. The van der Waals surface area contributed by atoms with Gasteiger partial charge in [0.25, 0.3) is 0 Å². The second-order valence-electron chi connectivity index (χ2n) is 3.82. The van der Waals surface area contributed by atoms with Crippen molar-refractivity contribution in [1.29, 1.82) is 10.5 Å². The molecule has 0 saturated heterocycles. The van der Waals surface area contributed by atoms with Gasteiger partial charge in [-0.1, -0.05) is 6.92 Å². The third-order valence-corrected chi connectivity index (χ3v) is 3.63. The van der Waals surface area contributed by atoms with Crippen LogP contribution in [0.2, 0.25) is 0 Å². The van der Waals surface area contributed by atoms with E-state index in [4.69, 9.17) is 5.26 Å². The van der Waals surface area contributed by atoms with Gasteiger partial charge in [0.05, 0.1) is 28.3 Å². The summed E-state index contributed by atoms with van der Waals surface area (Å²) < 4.78 is 0. The minimum atomic E-state index is 0.0343. The molecule has 2 rings (SSSR count). The zero-order valence-electron chi connectivity index (χ0n) is 9.61. The van der Waals surface area contributed by atoms with Crippen LogP contribution < -0.4 is 5.32 Å². The van der Waals surface area contributed by atoms with Gasteiger partial charge in [-0.3, -0.25) is 0 Å². The van der Waals surface area contributed by atoms with Gasteiger partial charge in [-0.05, 0) is 30.0 Å². The molecule has 0 amide bonds. The Balaban J connectivity index is 2.55. The molecule has 0 bridgehead atoms. The third-order valence-electron chi connectivity index (χ3n) is 2.90. The van der Waals surface area contributed by atoms with E-state index in [1.165, 1.54) is 11.8 Å². The molecule has 1 aliphatic rings. The minimum absolute atomic E-state index is 0.0343. The number of rotatable bonds is 1. The Hall–Kier alpha value is -1.91. The summed E-state index contributed by atoms with van der Waals surface area (Å²) in [5, 5.41) is 22.2. The van der Waals surface area contributed by atoms with E-state index in [2.05, 4.69) is 17.5 Å². The third kappa shape index (κ3) is 1.88. The van der Waals surface area contributed by atoms with Gasteiger partial charge >= 0.3 is 0 Å². The molecule has 1 aromatic rings. The van der Waals surface area contributed by atoms with Gasteiger partial charge in [0.1, 0.15) is 0 Å². The number of nitrogens with one attached hydrogen (secondary N) is 1. The fourth-order valence-electron chi connectivity index (χ4n) is 1.95. The van der Waals surface area contributed by atoms with Crippen molar-refractivity contribution in [3.63, 3.8) is 0 Å². The quantitative estimate of drug-likeness (QED) is 0.820. The standard InChI is InChI=1S/C13H11N3S/c1-8-10-5-9(6-14)3-4-12(10)16-13(17-2)11(8)7-15/h3-5,8,16H,1-2H3. The monoisotopic (exact) mass is 241 g/mol. The van der Waals surface area contributed by atoms with Crippen LogP contribution in [0.25, 0.3) is 0 Å². The molecule has 1 aliphatic heterocycles. The zero-order valence-corrected chi connectivity index (χ0v) is 10.4. The Morgan fingerprint density at radius 1 is 1.29 bits per heavy atom. The predicted octanol–water partition coefficient (Wildman–Crippen LogP) is 3.19. The Morgan fingerprint density at radius 3 is 2.65 bits per heavy atom. The highest BCUT2D eigenvalue weighted by atomic mass is 32.2. The summed E-state index contributed by atoms with van der Waals surface area (Å²) >= 11 is 1.54. The zero-order chi connectivity index (χ0) is 12.4. The van der Waals surface area contributed by atoms with Gasteiger partial charge in [-0.2, -0.15) is 10.5 Å². The van der Waals surface area contributed by atoms with E-state index in [1.807, 2.05) is 25.3 Å². The molecule has 0 spiro atoms. The van der Waals surface area contributed by atoms with Gasteiger partial charge in [0, 0.05) is 11.6 Å². The molecular formula is C13H11N3S. The van der Waals surface area contributed by atoms with Crippen LogP contribution in [0.4, 0.5) is 5.69 Å². The lowest BCUT2D eigenvalue weighted by Crippen LogP contribution is -2.14. The number of nitriles is 2. The highest BCUT2D eigenvalue weighted by Crippen LogP contribution is 2.39. The second kappa shape index (κ2) is 4.53. The first kappa shape index (κ1) is 11.6. The summed E-state index contributed by atoms with van der Waals surface area (Å²) in [5.41, 5.74) is 3.36. The van der Waals surface area contributed by atoms with Gasteiger partial charge in [-0.15, -0.1) is 11.8 Å². The van der Waals surface area contributed by atoms with Crippen molar-refractivity contribution in [2.75, 3.05) is 11.6 Å². The molecule has 1 N–H and O–H groups in total. The molecule has 0 aliphatic carbocycles. The summed E-state index contributed by atoms with van der Waals surface area (Å²) in [6, 6.07) is 9.90. The number of thioether (sulfide) groups is 1. The minimum Gasteiger partial charge on any atom is -0.349 e. The lowest BCUT2D eigenvalue weighted by molar-refractivity contribution is 0.906. The van der Waals surface area contributed by atoms with Gasteiger partial charge in [0.15, 0.2) is 0 Å². The highest BCUT2D eigenvalue weighted by Gasteiger charge is 2.24. The van der Waals surface area contributed by atoms with E-state index >= 15 is 0 Å². The van der Waals surface area contributed by atoms with Crippen molar-refractivity contribution in [3.8, 4) is 12.1 Å². The summed E-state index contributed by atoms with van der Waals surface area (Å²) in [6.45, 7) is 2.00. The molecule has 17 heavy (non-hydrogen) atoms. The first-order chi connectivity index (χ1) is 8.21. The van der Waals surface area contributed by atoms with Crippen molar-refractivity contribution in [3.05, 3.63) is 39.9 Å². The lowest BCUT2D eigenvalue weighted by Gasteiger charge is -2.25. The summed E-state index contributed by atoms with van der Waals surface area (Å²) in [6.07, 6.45) is 1.95. The SMILES string of the molecule is CSC1=C(C#N)C(C)c2cc(C#N)ccc2N1. The van der Waals surface area contributed by atoms with Crippen LogP contribution in [0.3, 0.4) is 0 Å². The lowest BCUT2D eigenvalue weighted by atomic mass is 9.89. The molecule has 1 unspecified atom stereocenters. The van der Waals surface area contributed by atoms with Crippen molar-refractivity contribution in [2.45, 2.75) is 12.8 Å². The number of fused-ring (bicyclic) bond motifs is 1. The number of hydrogen-bond acceptors (Lipinski definition) is 4. The summed E-state index contributed by atoms with van der Waals surface area (Å²) in [4.78, 5) is 0. The van der Waals surface area contributed by atoms with Gasteiger partial charge in [-0.25, -0.2) is 0 Å². The van der Waals surface area contributed by atoms with Crippen LogP contribution in [0.1, 0.15) is 24.0 Å². The molecule has 0 fully saturated rings. The number of allylic oxidation sites excluding steroid dienone is 1. The molecule has 4 heteroatoms. The van der Waals surface area contributed by atoms with Crippen molar-refractivity contribution in [2.24, 2.45) is 0 Å². The first-order valence-corrected chi connectivity index (χ1v) is 6.43. The fraction of sp³-hybridized carbons (Fsp3) is 0.231. The van der Waals surface area contributed by atoms with Crippen molar-refractivity contribution >= 4 is 17.4 Å². The molecule has 1 atom stereocenters. The van der Waals surface area contributed by atoms with Crippen molar-refractivity contribution in [1.82, 2.24) is 0 Å². The van der Waals surface area contributed by atoms with E-state index in [1.54, 1.807) is 6.07 Å². The largest absolute Gasteiger partial charge is 0.349 e. The maximum atomic E-state index is 9.19. The second-order valence-corrected chi connectivity index (χ2v) is 4.64. The van der Waals surface area contributed by atoms with Crippen LogP contribution in [-0.2, 0) is 0 Å². The topological polar surface area (TPSA) is 59.6 Å². The van der Waals surface area contributed by atoms with Gasteiger partial charge < -0.3 is 5.32 Å². The van der Waals surface area contributed by atoms with E-state index in [0.29, 0.717) is 5.56 Å². The molecular weight excluding hydrogens is 230 g/mol. The number of hydrogen-bond donors (Lipinski definition) is 1. The number of anilines is 1. The maximum absolute atomic E-state index is 9.19. The Kier molecular flexibility index (Phi) is 3.08. The molecule has 0 aromatic heterocycles. The van der Waals surface area contributed by atoms with Gasteiger partial charge in [0.2, 0.25) is 0 Å². The molecule has 0 saturated carbocycles. The van der Waals surface area contributed by atoms with Crippen LogP contribution in [0.5, 0.6) is 0 Å². The smallest absolute Gasteiger partial charge is 0.0991 e. The molecule has 84 valence electrons. The highest BCUT2D eigenvalue weighted by molar-refractivity contribution is 8.02. The van der Waals surface area contributed by atoms with E-state index < -0.39 is 0 Å². The average Bonchev–Trinajstić information content (AvgIpc) is 2.38. The van der Waals surface area contributed by atoms with Crippen LogP contribution in [0.15, 0.2) is 28.8 Å². The van der Waals surface area contributed by atoms with Crippen LogP contribution >= 0.6 is 11.8 Å². The Morgan fingerprint density at radius 2 is 2.06 bits per heavy atom. The van der Waals surface area contributed by atoms with Crippen molar-refractivity contribution < 1.29 is 0 Å². The van der Waals surface area contributed by atoms with Crippen LogP contribution in [0, 0.1) is 22.7 Å². The first-order valence-electron chi connectivity index (χ1n) is 5.20. The molecule has 0 radical (unpaired) electrons. The molecule has 3 nitrogen and oxygen atoms in total. The normalized spacial score (nSPS) is 17.8. The average molecular weight is 241 g/mol. The maximum Gasteiger partial charge on any atom is 0.0991 e. The Bertz CT molecular complexity index is 575. The predicted molar refractivity (Wildman–Crippen MR) is 69.3 cm³/mol. The summed E-state index contributed by atoms with van der Waals surface area (Å²) in [7, 11) is 0. The number of nitrogens with zero attached hydrogens (tertiary/aromatic N) is 2. The summed E-state index contributed by atoms with van der Waals surface area (Å²) in [5.74, 6) is 0.0343. The van der Waals surface area contributed by atoms with E-state index in [-0.39, 0.29) is 5.92 Å². The fourth-order valence-corrected chi connectivity index (χ4v) is 2.61. The van der Waals surface area contributed by atoms with E-state index in [9.17, 15) is 5.26 Å².